The van der Waals surface area contributed by atoms with Gasteiger partial charge in [-0.2, -0.15) is 5.26 Å². The van der Waals surface area contributed by atoms with Crippen LogP contribution in [-0.4, -0.2) is 38.9 Å². The van der Waals surface area contributed by atoms with Crippen molar-refractivity contribution in [3.05, 3.63) is 102 Å². The maximum absolute atomic E-state index is 13.2. The van der Waals surface area contributed by atoms with Crippen LogP contribution in [0.3, 0.4) is 0 Å². The minimum atomic E-state index is -0.456. The Morgan fingerprint density at radius 2 is 1.86 bits per heavy atom. The first-order valence-electron chi connectivity index (χ1n) is 12.1. The summed E-state index contributed by atoms with van der Waals surface area (Å²) in [5, 5.41) is 14.3. The molecule has 1 unspecified atom stereocenters. The molecule has 7 heteroatoms. The quantitative estimate of drug-likeness (QED) is 0.438. The first-order valence-corrected chi connectivity index (χ1v) is 12.1. The molecule has 7 nitrogen and oxygen atoms in total. The minimum Gasteiger partial charge on any atom is -0.350 e. The van der Waals surface area contributed by atoms with Crippen molar-refractivity contribution in [1.82, 2.24) is 19.8 Å². The molecule has 180 valence electrons. The number of nitriles is 1. The third-order valence-electron chi connectivity index (χ3n) is 6.78. The number of hydrogen-bond donors (Lipinski definition) is 1. The molecular formula is C29H27N5O2. The van der Waals surface area contributed by atoms with Crippen LogP contribution in [0.4, 0.5) is 0 Å². The van der Waals surface area contributed by atoms with E-state index in [1.165, 1.54) is 0 Å². The monoisotopic (exact) mass is 477 g/mol. The molecule has 0 aliphatic carbocycles. The van der Waals surface area contributed by atoms with E-state index in [-0.39, 0.29) is 18.2 Å². The zero-order valence-electron chi connectivity index (χ0n) is 19.9. The van der Waals surface area contributed by atoms with Gasteiger partial charge in [-0.05, 0) is 46.9 Å². The molecular weight excluding hydrogens is 450 g/mol. The van der Waals surface area contributed by atoms with Crippen molar-refractivity contribution in [2.45, 2.75) is 38.4 Å². The summed E-state index contributed by atoms with van der Waals surface area (Å²) in [5.41, 5.74) is 3.49. The van der Waals surface area contributed by atoms with Gasteiger partial charge in [0.1, 0.15) is 6.04 Å². The molecule has 0 radical (unpaired) electrons. The van der Waals surface area contributed by atoms with Gasteiger partial charge in [-0.25, -0.2) is 4.98 Å². The van der Waals surface area contributed by atoms with Crippen LogP contribution in [0.2, 0.25) is 0 Å². The van der Waals surface area contributed by atoms with Crippen LogP contribution in [0.15, 0.2) is 79.3 Å². The van der Waals surface area contributed by atoms with E-state index >= 15 is 0 Å². The zero-order valence-corrected chi connectivity index (χ0v) is 19.9. The lowest BCUT2D eigenvalue weighted by atomic mass is 10.0. The lowest BCUT2D eigenvalue weighted by molar-refractivity contribution is -0.138. The molecule has 3 aromatic carbocycles. The van der Waals surface area contributed by atoms with E-state index in [1.54, 1.807) is 29.6 Å². The van der Waals surface area contributed by atoms with Crippen LogP contribution < -0.4 is 5.32 Å². The number of nitrogens with zero attached hydrogens (tertiary/aromatic N) is 4. The van der Waals surface area contributed by atoms with Crippen LogP contribution in [0.25, 0.3) is 10.8 Å². The van der Waals surface area contributed by atoms with Crippen LogP contribution in [0.1, 0.15) is 35.2 Å². The number of likely N-dealkylation sites (tertiary alicyclic amines) is 1. The molecule has 1 saturated heterocycles. The Labute approximate surface area is 210 Å². The summed E-state index contributed by atoms with van der Waals surface area (Å²) in [5.74, 6) is -0.181. The van der Waals surface area contributed by atoms with Crippen molar-refractivity contribution < 1.29 is 9.59 Å². The van der Waals surface area contributed by atoms with Crippen LogP contribution in [-0.2, 0) is 29.1 Å². The van der Waals surface area contributed by atoms with Gasteiger partial charge in [0.25, 0.3) is 0 Å². The summed E-state index contributed by atoms with van der Waals surface area (Å²) in [4.78, 5) is 32.3. The molecule has 0 bridgehead atoms. The summed E-state index contributed by atoms with van der Waals surface area (Å²) in [6.45, 7) is 1.56. The first kappa shape index (κ1) is 23.3. The Bertz CT molecular complexity index is 1430. The number of benzene rings is 3. The minimum absolute atomic E-state index is 0.0700. The molecule has 1 aromatic heterocycles. The summed E-state index contributed by atoms with van der Waals surface area (Å²) in [7, 11) is 0. The number of carbonyl (C=O) groups is 2. The lowest BCUT2D eigenvalue weighted by Crippen LogP contribution is -2.46. The Kier molecular flexibility index (Phi) is 6.76. The smallest absolute Gasteiger partial charge is 0.243 e. The fourth-order valence-electron chi connectivity index (χ4n) is 4.86. The van der Waals surface area contributed by atoms with Gasteiger partial charge < -0.3 is 14.8 Å². The number of rotatable bonds is 7. The standard InChI is InChI=1S/C29H27N5O2/c30-16-21-10-12-22(13-11-21)19-33-20-31-18-25(33)15-28(35)34-14-4-9-27(34)29(36)32-17-24-7-3-6-23-5-1-2-8-26(23)24/h1-3,5-8,10-13,18,20,27H,4,9,14-15,17,19H2,(H,32,36). The van der Waals surface area contributed by atoms with E-state index < -0.39 is 6.04 Å². The summed E-state index contributed by atoms with van der Waals surface area (Å²) in [6, 6.07) is 23.2. The Morgan fingerprint density at radius 3 is 2.69 bits per heavy atom. The number of hydrogen-bond acceptors (Lipinski definition) is 4. The Hall–Kier alpha value is -4.44. The predicted molar refractivity (Wildman–Crippen MR) is 137 cm³/mol. The van der Waals surface area contributed by atoms with Crippen molar-refractivity contribution >= 4 is 22.6 Å². The van der Waals surface area contributed by atoms with Crippen LogP contribution in [0, 0.1) is 11.3 Å². The highest BCUT2D eigenvalue weighted by atomic mass is 16.2. The third kappa shape index (κ3) is 4.98. The SMILES string of the molecule is N#Cc1ccc(Cn2cncc2CC(=O)N2CCCC2C(=O)NCc2cccc3ccccc23)cc1. The van der Waals surface area contributed by atoms with Gasteiger partial charge in [-0.1, -0.05) is 54.6 Å². The maximum Gasteiger partial charge on any atom is 0.243 e. The molecule has 36 heavy (non-hydrogen) atoms. The van der Waals surface area contributed by atoms with Gasteiger partial charge in [0.2, 0.25) is 11.8 Å². The van der Waals surface area contributed by atoms with Gasteiger partial charge in [-0.3, -0.25) is 9.59 Å². The fraction of sp³-hybridized carbons (Fsp3) is 0.241. The fourth-order valence-corrected chi connectivity index (χ4v) is 4.86. The van der Waals surface area contributed by atoms with Crippen molar-refractivity contribution in [2.24, 2.45) is 0 Å². The van der Waals surface area contributed by atoms with Gasteiger partial charge in [0.15, 0.2) is 0 Å². The van der Waals surface area contributed by atoms with Crippen molar-refractivity contribution in [3.63, 3.8) is 0 Å². The lowest BCUT2D eigenvalue weighted by Gasteiger charge is -2.24. The van der Waals surface area contributed by atoms with E-state index in [1.807, 2.05) is 41.0 Å². The van der Waals surface area contributed by atoms with Gasteiger partial charge in [-0.15, -0.1) is 0 Å². The largest absolute Gasteiger partial charge is 0.350 e. The second kappa shape index (κ2) is 10.4. The molecule has 1 fully saturated rings. The summed E-state index contributed by atoms with van der Waals surface area (Å²) in [6.07, 6.45) is 5.07. The Balaban J connectivity index is 1.22. The van der Waals surface area contributed by atoms with Crippen molar-refractivity contribution in [1.29, 1.82) is 5.26 Å². The van der Waals surface area contributed by atoms with Crippen LogP contribution in [0.5, 0.6) is 0 Å². The second-order valence-electron chi connectivity index (χ2n) is 9.10. The number of imidazole rings is 1. The van der Waals surface area contributed by atoms with Crippen molar-refractivity contribution in [3.8, 4) is 6.07 Å². The average Bonchev–Trinajstić information content (AvgIpc) is 3.58. The molecule has 1 atom stereocenters. The molecule has 2 amide bonds. The van der Waals surface area contributed by atoms with Gasteiger partial charge in [0.05, 0.1) is 24.4 Å². The molecule has 4 aromatic rings. The van der Waals surface area contributed by atoms with E-state index in [2.05, 4.69) is 34.6 Å². The summed E-state index contributed by atoms with van der Waals surface area (Å²) < 4.78 is 1.94. The highest BCUT2D eigenvalue weighted by molar-refractivity contribution is 5.90. The molecule has 1 aliphatic heterocycles. The maximum atomic E-state index is 13.2. The molecule has 1 aliphatic rings. The number of amides is 2. The molecule has 5 rings (SSSR count). The topological polar surface area (TPSA) is 91.0 Å². The molecule has 0 spiro atoms. The number of aromatic nitrogens is 2. The van der Waals surface area contributed by atoms with E-state index in [9.17, 15) is 9.59 Å². The van der Waals surface area contributed by atoms with E-state index in [4.69, 9.17) is 5.26 Å². The van der Waals surface area contributed by atoms with Crippen LogP contribution >= 0.6 is 0 Å². The summed E-state index contributed by atoms with van der Waals surface area (Å²) >= 11 is 0. The van der Waals surface area contributed by atoms with Gasteiger partial charge in [0, 0.05) is 31.5 Å². The molecule has 2 heterocycles. The highest BCUT2D eigenvalue weighted by Gasteiger charge is 2.34. The highest BCUT2D eigenvalue weighted by Crippen LogP contribution is 2.21. The van der Waals surface area contributed by atoms with E-state index in [0.29, 0.717) is 31.6 Å². The molecule has 0 saturated carbocycles. The number of carbonyl (C=O) groups excluding carboxylic acids is 2. The third-order valence-corrected chi connectivity index (χ3v) is 6.78. The second-order valence-corrected chi connectivity index (χ2v) is 9.10. The molecule has 1 N–H and O–H groups in total. The number of fused-ring (bicyclic) bond motifs is 1. The zero-order chi connectivity index (χ0) is 24.9. The van der Waals surface area contributed by atoms with E-state index in [0.717, 1.165) is 34.0 Å². The number of nitrogens with one attached hydrogen (secondary N) is 1. The van der Waals surface area contributed by atoms with Gasteiger partial charge >= 0.3 is 0 Å². The predicted octanol–water partition coefficient (Wildman–Crippen LogP) is 3.81. The van der Waals surface area contributed by atoms with Crippen molar-refractivity contribution in [2.75, 3.05) is 6.54 Å². The Morgan fingerprint density at radius 1 is 1.06 bits per heavy atom. The first-order chi connectivity index (χ1) is 17.6. The average molecular weight is 478 g/mol. The normalized spacial score (nSPS) is 15.1.